The molecule has 0 bridgehead atoms. The summed E-state index contributed by atoms with van der Waals surface area (Å²) >= 11 is 7.63. The molecule has 0 saturated carbocycles. The summed E-state index contributed by atoms with van der Waals surface area (Å²) in [6.45, 7) is 1.87. The average molecular weight is 352 g/mol. The van der Waals surface area contributed by atoms with Gasteiger partial charge in [0.1, 0.15) is 6.10 Å². The van der Waals surface area contributed by atoms with Gasteiger partial charge in [0, 0.05) is 34.2 Å². The third kappa shape index (κ3) is 2.87. The normalized spacial score (nSPS) is 20.9. The Labute approximate surface area is 113 Å². The Morgan fingerprint density at radius 3 is 2.75 bits per heavy atom. The minimum atomic E-state index is -0.0373. The van der Waals surface area contributed by atoms with Crippen LogP contribution < -0.4 is 0 Å². The van der Waals surface area contributed by atoms with Gasteiger partial charge in [-0.1, -0.05) is 23.7 Å². The average Bonchev–Trinajstić information content (AvgIpc) is 2.30. The van der Waals surface area contributed by atoms with Gasteiger partial charge in [0.2, 0.25) is 0 Å². The van der Waals surface area contributed by atoms with Crippen molar-refractivity contribution in [2.24, 2.45) is 0 Å². The third-order valence-electron chi connectivity index (χ3n) is 2.56. The third-order valence-corrected chi connectivity index (χ3v) is 3.49. The lowest BCUT2D eigenvalue weighted by Gasteiger charge is -2.31. The molecule has 5 heteroatoms. The quantitative estimate of drug-likeness (QED) is 0.441. The van der Waals surface area contributed by atoms with Gasteiger partial charge in [-0.2, -0.15) is 0 Å². The van der Waals surface area contributed by atoms with Crippen LogP contribution in [-0.2, 0) is 4.74 Å². The number of hydrogen-bond donors (Lipinski definition) is 0. The number of carbonyl (C=O) groups is 1. The van der Waals surface area contributed by atoms with E-state index in [0.29, 0.717) is 24.7 Å². The molecule has 0 spiro atoms. The van der Waals surface area contributed by atoms with E-state index in [1.54, 1.807) is 27.5 Å². The molecule has 1 atom stereocenters. The summed E-state index contributed by atoms with van der Waals surface area (Å²) in [6.07, 6.45) is -0.0373. The molecule has 3 nitrogen and oxygen atoms in total. The lowest BCUT2D eigenvalue weighted by molar-refractivity contribution is -0.0112. The van der Waals surface area contributed by atoms with E-state index in [1.807, 2.05) is 24.3 Å². The largest absolute Gasteiger partial charge is 0.370 e. The maximum atomic E-state index is 11.3. The second-order valence-corrected chi connectivity index (χ2v) is 4.97. The molecule has 1 aliphatic heterocycles. The zero-order chi connectivity index (χ0) is 11.5. The van der Waals surface area contributed by atoms with E-state index in [1.165, 1.54) is 0 Å². The van der Waals surface area contributed by atoms with Crippen molar-refractivity contribution in [2.45, 2.75) is 6.10 Å². The van der Waals surface area contributed by atoms with Crippen LogP contribution in [0.2, 0.25) is 5.02 Å². The first-order valence-electron chi connectivity index (χ1n) is 4.98. The molecule has 1 unspecified atom stereocenters. The van der Waals surface area contributed by atoms with Gasteiger partial charge in [0.25, 0.3) is 3.91 Å². The predicted molar refractivity (Wildman–Crippen MR) is 71.1 cm³/mol. The number of nitrogens with zero attached hydrogens (tertiary/aromatic N) is 1. The van der Waals surface area contributed by atoms with Crippen molar-refractivity contribution >= 4 is 38.1 Å². The van der Waals surface area contributed by atoms with Crippen LogP contribution in [0, 0.1) is 0 Å². The van der Waals surface area contributed by atoms with Crippen LogP contribution >= 0.6 is 34.2 Å². The van der Waals surface area contributed by atoms with Crippen molar-refractivity contribution in [2.75, 3.05) is 19.7 Å². The monoisotopic (exact) mass is 351 g/mol. The van der Waals surface area contributed by atoms with E-state index in [2.05, 4.69) is 0 Å². The lowest BCUT2D eigenvalue weighted by Crippen LogP contribution is -2.39. The van der Waals surface area contributed by atoms with Gasteiger partial charge in [-0.05, 0) is 17.7 Å². The van der Waals surface area contributed by atoms with Gasteiger partial charge in [0.05, 0.1) is 13.2 Å². The maximum Gasteiger partial charge on any atom is 0.283 e. The van der Waals surface area contributed by atoms with Crippen LogP contribution in [0.3, 0.4) is 0 Å². The fourth-order valence-corrected chi connectivity index (χ4v) is 2.25. The van der Waals surface area contributed by atoms with E-state index in [-0.39, 0.29) is 10.0 Å². The van der Waals surface area contributed by atoms with Crippen LogP contribution in [0.5, 0.6) is 0 Å². The van der Waals surface area contributed by atoms with Crippen molar-refractivity contribution in [3.05, 3.63) is 34.9 Å². The minimum absolute atomic E-state index is 0.0373. The summed E-state index contributed by atoms with van der Waals surface area (Å²) in [5, 5.41) is 0.710. The number of morpholine rings is 1. The molecule has 0 radical (unpaired) electrons. The molecule has 1 fully saturated rings. The van der Waals surface area contributed by atoms with Crippen molar-refractivity contribution in [3.63, 3.8) is 0 Å². The molecule has 1 heterocycles. The lowest BCUT2D eigenvalue weighted by atomic mass is 10.1. The van der Waals surface area contributed by atoms with E-state index >= 15 is 0 Å². The smallest absolute Gasteiger partial charge is 0.283 e. The number of carbonyl (C=O) groups excluding carboxylic acids is 1. The van der Waals surface area contributed by atoms with Crippen molar-refractivity contribution < 1.29 is 9.53 Å². The first-order chi connectivity index (χ1) is 7.66. The second-order valence-electron chi connectivity index (χ2n) is 3.61. The van der Waals surface area contributed by atoms with Crippen LogP contribution in [0.25, 0.3) is 0 Å². The molecule has 0 aromatic heterocycles. The highest BCUT2D eigenvalue weighted by molar-refractivity contribution is 14.1. The van der Waals surface area contributed by atoms with Gasteiger partial charge in [0.15, 0.2) is 0 Å². The number of amides is 1. The van der Waals surface area contributed by atoms with Gasteiger partial charge in [-0.25, -0.2) is 0 Å². The second kappa shape index (κ2) is 5.33. The maximum absolute atomic E-state index is 11.3. The molecule has 2 rings (SSSR count). The van der Waals surface area contributed by atoms with Gasteiger partial charge in [-0.3, -0.25) is 4.79 Å². The predicted octanol–water partition coefficient (Wildman–Crippen LogP) is 3.27. The van der Waals surface area contributed by atoms with Crippen LogP contribution in [0.15, 0.2) is 24.3 Å². The molecule has 16 heavy (non-hydrogen) atoms. The molecule has 1 amide bonds. The highest BCUT2D eigenvalue weighted by Gasteiger charge is 2.23. The molecule has 0 N–H and O–H groups in total. The summed E-state index contributed by atoms with van der Waals surface area (Å²) in [7, 11) is 0. The Morgan fingerprint density at radius 2 is 2.12 bits per heavy atom. The Hall–Kier alpha value is -0.330. The minimum Gasteiger partial charge on any atom is -0.370 e. The van der Waals surface area contributed by atoms with E-state index in [9.17, 15) is 4.79 Å². The summed E-state index contributed by atoms with van der Waals surface area (Å²) in [4.78, 5) is 13.1. The van der Waals surface area contributed by atoms with E-state index in [4.69, 9.17) is 16.3 Å². The molecule has 1 aromatic rings. The Bertz CT molecular complexity index is 382. The highest BCUT2D eigenvalue weighted by Crippen LogP contribution is 2.24. The first-order valence-corrected chi connectivity index (χ1v) is 6.44. The number of benzene rings is 1. The van der Waals surface area contributed by atoms with Crippen molar-refractivity contribution in [1.82, 2.24) is 4.90 Å². The Kier molecular flexibility index (Phi) is 4.05. The van der Waals surface area contributed by atoms with Gasteiger partial charge in [-0.15, -0.1) is 0 Å². The fraction of sp³-hybridized carbons (Fsp3) is 0.364. The molecule has 1 aliphatic rings. The van der Waals surface area contributed by atoms with E-state index in [0.717, 1.165) is 5.56 Å². The first kappa shape index (κ1) is 12.1. The van der Waals surface area contributed by atoms with E-state index < -0.39 is 0 Å². The summed E-state index contributed by atoms with van der Waals surface area (Å²) in [5.74, 6) is 0. The number of halogens is 2. The highest BCUT2D eigenvalue weighted by atomic mass is 127. The van der Waals surface area contributed by atoms with Crippen LogP contribution in [0.1, 0.15) is 11.7 Å². The zero-order valence-electron chi connectivity index (χ0n) is 8.53. The van der Waals surface area contributed by atoms with Crippen LogP contribution in [-0.4, -0.2) is 28.5 Å². The topological polar surface area (TPSA) is 29.5 Å². The SMILES string of the molecule is O=C(I)N1CCOC(c2ccc(Cl)cc2)C1. The summed E-state index contributed by atoms with van der Waals surface area (Å²) < 4.78 is 5.71. The molecule has 0 aliphatic carbocycles. The summed E-state index contributed by atoms with van der Waals surface area (Å²) in [6, 6.07) is 7.55. The number of hydrogen-bond acceptors (Lipinski definition) is 2. The number of rotatable bonds is 1. The van der Waals surface area contributed by atoms with Gasteiger partial charge >= 0.3 is 0 Å². The van der Waals surface area contributed by atoms with Gasteiger partial charge < -0.3 is 9.64 Å². The molecular formula is C11H11ClINO2. The fourth-order valence-electron chi connectivity index (χ4n) is 1.69. The Morgan fingerprint density at radius 1 is 1.44 bits per heavy atom. The molecule has 1 saturated heterocycles. The zero-order valence-corrected chi connectivity index (χ0v) is 11.4. The number of ether oxygens (including phenoxy) is 1. The molecular weight excluding hydrogens is 340 g/mol. The van der Waals surface area contributed by atoms with Crippen molar-refractivity contribution in [1.29, 1.82) is 0 Å². The molecule has 86 valence electrons. The standard InChI is InChI=1S/C11H11ClINO2/c12-9-3-1-8(2-4-9)10-7-14(11(13)15)5-6-16-10/h1-4,10H,5-7H2. The van der Waals surface area contributed by atoms with Crippen molar-refractivity contribution in [3.8, 4) is 0 Å². The summed E-state index contributed by atoms with van der Waals surface area (Å²) in [5.41, 5.74) is 1.06. The Balaban J connectivity index is 2.09. The molecule has 1 aromatic carbocycles. The van der Waals surface area contributed by atoms with Crippen LogP contribution in [0.4, 0.5) is 4.79 Å².